The Morgan fingerprint density at radius 2 is 1.93 bits per heavy atom. The van der Waals surface area contributed by atoms with Crippen LogP contribution in [-0.4, -0.2) is 78.1 Å². The first kappa shape index (κ1) is 21.2. The lowest BCUT2D eigenvalue weighted by atomic mass is 10.00. The second-order valence-electron chi connectivity index (χ2n) is 8.54. The molecule has 8 heteroatoms. The zero-order chi connectivity index (χ0) is 21.1. The zero-order valence-corrected chi connectivity index (χ0v) is 17.6. The highest BCUT2D eigenvalue weighted by atomic mass is 19.3. The summed E-state index contributed by atoms with van der Waals surface area (Å²) in [7, 11) is 2.25. The van der Waals surface area contributed by atoms with Gasteiger partial charge in [-0.05, 0) is 57.6 Å². The van der Waals surface area contributed by atoms with Crippen molar-refractivity contribution >= 4 is 16.6 Å². The maximum absolute atomic E-state index is 12.6. The second kappa shape index (κ2) is 9.39. The molecule has 2 aliphatic rings. The van der Waals surface area contributed by atoms with E-state index in [-0.39, 0.29) is 0 Å². The lowest BCUT2D eigenvalue weighted by Gasteiger charge is -2.38. The van der Waals surface area contributed by atoms with Gasteiger partial charge in [0, 0.05) is 37.9 Å². The van der Waals surface area contributed by atoms with Crippen molar-refractivity contribution in [3.05, 3.63) is 34.9 Å². The SMILES string of the molecule is CN1CCCCC1CCN1CCN(c2ccc3c(=O)n(CC(F)F)cnc3c2)CC1. The van der Waals surface area contributed by atoms with Gasteiger partial charge in [0.2, 0.25) is 0 Å². The van der Waals surface area contributed by atoms with Gasteiger partial charge in [0.25, 0.3) is 12.0 Å². The van der Waals surface area contributed by atoms with Gasteiger partial charge >= 0.3 is 0 Å². The Bertz CT molecular complexity index is 910. The molecular formula is C22H31F2N5O. The summed E-state index contributed by atoms with van der Waals surface area (Å²) in [4.78, 5) is 24.0. The van der Waals surface area contributed by atoms with E-state index in [1.54, 1.807) is 6.07 Å². The maximum atomic E-state index is 12.6. The van der Waals surface area contributed by atoms with E-state index in [9.17, 15) is 13.6 Å². The molecule has 2 fully saturated rings. The molecule has 1 unspecified atom stereocenters. The number of hydrogen-bond donors (Lipinski definition) is 0. The summed E-state index contributed by atoms with van der Waals surface area (Å²) in [5.74, 6) is 0. The van der Waals surface area contributed by atoms with Crippen molar-refractivity contribution in [3.8, 4) is 0 Å². The molecule has 2 aliphatic heterocycles. The fraction of sp³-hybridized carbons (Fsp3) is 0.636. The van der Waals surface area contributed by atoms with Crippen LogP contribution in [0.5, 0.6) is 0 Å². The molecule has 1 aromatic heterocycles. The number of fused-ring (bicyclic) bond motifs is 1. The lowest BCUT2D eigenvalue weighted by Crippen LogP contribution is -2.48. The predicted molar refractivity (Wildman–Crippen MR) is 116 cm³/mol. The Morgan fingerprint density at radius 3 is 2.67 bits per heavy atom. The Kier molecular flexibility index (Phi) is 6.63. The summed E-state index contributed by atoms with van der Waals surface area (Å²) in [6, 6.07) is 6.24. The summed E-state index contributed by atoms with van der Waals surface area (Å²) in [5, 5.41) is 0.386. The molecule has 0 N–H and O–H groups in total. The van der Waals surface area contributed by atoms with Crippen molar-refractivity contribution in [1.82, 2.24) is 19.4 Å². The number of hydrogen-bond acceptors (Lipinski definition) is 5. The lowest BCUT2D eigenvalue weighted by molar-refractivity contribution is 0.125. The normalized spacial score (nSPS) is 21.6. The number of benzene rings is 1. The molecule has 0 amide bonds. The molecule has 0 saturated carbocycles. The van der Waals surface area contributed by atoms with E-state index in [4.69, 9.17) is 0 Å². The highest BCUT2D eigenvalue weighted by Gasteiger charge is 2.22. The van der Waals surface area contributed by atoms with Crippen LogP contribution in [0.4, 0.5) is 14.5 Å². The number of halogens is 2. The fourth-order valence-electron chi connectivity index (χ4n) is 4.69. The van der Waals surface area contributed by atoms with Gasteiger partial charge in [0.15, 0.2) is 0 Å². The topological polar surface area (TPSA) is 44.6 Å². The Labute approximate surface area is 176 Å². The summed E-state index contributed by atoms with van der Waals surface area (Å²) < 4.78 is 26.2. The van der Waals surface area contributed by atoms with Crippen LogP contribution < -0.4 is 10.5 Å². The quantitative estimate of drug-likeness (QED) is 0.720. The van der Waals surface area contributed by atoms with Crippen LogP contribution in [-0.2, 0) is 6.54 Å². The Balaban J connectivity index is 1.35. The van der Waals surface area contributed by atoms with Gasteiger partial charge in [-0.15, -0.1) is 0 Å². The van der Waals surface area contributed by atoms with Gasteiger partial charge < -0.3 is 9.80 Å². The molecule has 164 valence electrons. The Morgan fingerprint density at radius 1 is 1.13 bits per heavy atom. The molecule has 4 rings (SSSR count). The zero-order valence-electron chi connectivity index (χ0n) is 17.6. The molecule has 0 aliphatic carbocycles. The smallest absolute Gasteiger partial charge is 0.261 e. The van der Waals surface area contributed by atoms with E-state index >= 15 is 0 Å². The fourth-order valence-corrected chi connectivity index (χ4v) is 4.69. The third-order valence-electron chi connectivity index (χ3n) is 6.58. The molecule has 2 saturated heterocycles. The second-order valence-corrected chi connectivity index (χ2v) is 8.54. The number of likely N-dealkylation sites (tertiary alicyclic amines) is 1. The van der Waals surface area contributed by atoms with Crippen molar-refractivity contribution in [3.63, 3.8) is 0 Å². The highest BCUT2D eigenvalue weighted by molar-refractivity contribution is 5.81. The van der Waals surface area contributed by atoms with Gasteiger partial charge in [-0.1, -0.05) is 6.42 Å². The van der Waals surface area contributed by atoms with Gasteiger partial charge in [0.05, 0.1) is 23.8 Å². The first-order valence-corrected chi connectivity index (χ1v) is 11.0. The van der Waals surface area contributed by atoms with E-state index in [1.807, 2.05) is 12.1 Å². The molecule has 0 bridgehead atoms. The van der Waals surface area contributed by atoms with Crippen LogP contribution in [0.25, 0.3) is 10.9 Å². The summed E-state index contributed by atoms with van der Waals surface area (Å²) in [6.45, 7) is 5.67. The van der Waals surface area contributed by atoms with E-state index < -0.39 is 18.5 Å². The minimum atomic E-state index is -2.57. The van der Waals surface area contributed by atoms with Gasteiger partial charge in [-0.3, -0.25) is 14.3 Å². The van der Waals surface area contributed by atoms with Crippen molar-refractivity contribution in [2.24, 2.45) is 0 Å². The van der Waals surface area contributed by atoms with E-state index in [0.29, 0.717) is 10.9 Å². The van der Waals surface area contributed by atoms with Crippen LogP contribution in [0.15, 0.2) is 29.3 Å². The molecule has 0 spiro atoms. The standard InChI is InChI=1S/C22H31F2N5O/c1-26-8-3-2-4-17(26)7-9-27-10-12-28(13-11-27)18-5-6-19-20(14-18)25-16-29(22(19)30)15-21(23)24/h5-6,14,16-17,21H,2-4,7-13,15H2,1H3. The van der Waals surface area contributed by atoms with Crippen molar-refractivity contribution in [2.75, 3.05) is 51.2 Å². The number of alkyl halides is 2. The number of aromatic nitrogens is 2. The number of nitrogens with zero attached hydrogens (tertiary/aromatic N) is 5. The third kappa shape index (κ3) is 4.81. The van der Waals surface area contributed by atoms with Crippen LogP contribution in [0, 0.1) is 0 Å². The average Bonchev–Trinajstić information content (AvgIpc) is 2.75. The molecule has 2 aromatic rings. The van der Waals surface area contributed by atoms with Crippen molar-refractivity contribution in [2.45, 2.75) is 44.7 Å². The number of anilines is 1. The maximum Gasteiger partial charge on any atom is 0.261 e. The van der Waals surface area contributed by atoms with E-state index in [1.165, 1.54) is 38.6 Å². The molecule has 3 heterocycles. The summed E-state index contributed by atoms with van der Waals surface area (Å²) in [5.41, 5.74) is 1.18. The summed E-state index contributed by atoms with van der Waals surface area (Å²) in [6.07, 6.45) is 3.89. The number of piperidine rings is 1. The minimum Gasteiger partial charge on any atom is -0.369 e. The van der Waals surface area contributed by atoms with Crippen LogP contribution in [0.2, 0.25) is 0 Å². The van der Waals surface area contributed by atoms with Gasteiger partial charge in [-0.2, -0.15) is 0 Å². The molecule has 1 atom stereocenters. The van der Waals surface area contributed by atoms with E-state index in [2.05, 4.69) is 26.7 Å². The minimum absolute atomic E-state index is 0.386. The Hall–Kier alpha value is -2.06. The highest BCUT2D eigenvalue weighted by Crippen LogP contribution is 2.22. The van der Waals surface area contributed by atoms with E-state index in [0.717, 1.165) is 49.0 Å². The van der Waals surface area contributed by atoms with Gasteiger partial charge in [-0.25, -0.2) is 13.8 Å². The first-order valence-electron chi connectivity index (χ1n) is 11.0. The monoisotopic (exact) mass is 419 g/mol. The van der Waals surface area contributed by atoms with Crippen LogP contribution in [0.1, 0.15) is 25.7 Å². The molecular weight excluding hydrogens is 388 g/mol. The first-order chi connectivity index (χ1) is 14.5. The van der Waals surface area contributed by atoms with Crippen LogP contribution >= 0.6 is 0 Å². The molecule has 6 nitrogen and oxygen atoms in total. The molecule has 0 radical (unpaired) electrons. The van der Waals surface area contributed by atoms with Crippen LogP contribution in [0.3, 0.4) is 0 Å². The van der Waals surface area contributed by atoms with Crippen molar-refractivity contribution in [1.29, 1.82) is 0 Å². The predicted octanol–water partition coefficient (Wildman–Crippen LogP) is 2.66. The third-order valence-corrected chi connectivity index (χ3v) is 6.58. The van der Waals surface area contributed by atoms with Crippen molar-refractivity contribution < 1.29 is 8.78 Å². The van der Waals surface area contributed by atoms with Gasteiger partial charge in [0.1, 0.15) is 0 Å². The number of rotatable bonds is 6. The average molecular weight is 420 g/mol. The molecule has 30 heavy (non-hydrogen) atoms. The molecule has 1 aromatic carbocycles. The summed E-state index contributed by atoms with van der Waals surface area (Å²) >= 11 is 0. The number of piperazine rings is 1. The largest absolute Gasteiger partial charge is 0.369 e.